The monoisotopic (exact) mass is 794 g/mol. The summed E-state index contributed by atoms with van der Waals surface area (Å²) in [6.45, 7) is 1.33. The zero-order chi connectivity index (χ0) is 31.7. The van der Waals surface area contributed by atoms with Crippen LogP contribution in [-0.2, 0) is 14.3 Å². The van der Waals surface area contributed by atoms with Crippen molar-refractivity contribution in [1.82, 2.24) is 4.98 Å². The maximum Gasteiger partial charge on any atom is 0.339 e. The Bertz CT molecular complexity index is 1900. The van der Waals surface area contributed by atoms with E-state index in [9.17, 15) is 24.3 Å². The highest BCUT2D eigenvalue weighted by Gasteiger charge is 2.66. The van der Waals surface area contributed by atoms with Gasteiger partial charge in [-0.1, -0.05) is 72.1 Å². The predicted octanol–water partition coefficient (Wildman–Crippen LogP) is 7.00. The van der Waals surface area contributed by atoms with Crippen molar-refractivity contribution in [1.29, 1.82) is 0 Å². The topological polar surface area (TPSA) is 114 Å². The van der Waals surface area contributed by atoms with E-state index in [2.05, 4.69) is 47.8 Å². The van der Waals surface area contributed by atoms with Crippen LogP contribution in [0.25, 0.3) is 22.2 Å². The number of rotatable bonds is 6. The molecule has 3 aromatic carbocycles. The van der Waals surface area contributed by atoms with E-state index in [1.807, 2.05) is 13.0 Å². The van der Waals surface area contributed by atoms with Crippen LogP contribution in [0.15, 0.2) is 71.2 Å². The number of hydrogen-bond acceptors (Lipinski definition) is 7. The molecule has 2 amide bonds. The number of ketones is 1. The summed E-state index contributed by atoms with van der Waals surface area (Å²) >= 11 is 11.0. The number of benzene rings is 3. The number of halogens is 3. The fraction of sp³-hybridized carbons (Fsp3) is 0.265. The number of aryl methyl sites for hydroxylation is 1. The Morgan fingerprint density at radius 2 is 1.58 bits per heavy atom. The first-order valence-electron chi connectivity index (χ1n) is 14.4. The van der Waals surface area contributed by atoms with Crippen molar-refractivity contribution in [2.24, 2.45) is 23.7 Å². The quantitative estimate of drug-likeness (QED) is 0.0968. The molecule has 6 atom stereocenters. The van der Waals surface area contributed by atoms with E-state index >= 15 is 0 Å². The van der Waals surface area contributed by atoms with Crippen LogP contribution in [0.1, 0.15) is 32.7 Å². The van der Waals surface area contributed by atoms with Crippen LogP contribution < -0.4 is 4.90 Å². The fourth-order valence-corrected chi connectivity index (χ4v) is 9.60. The number of carbonyl (C=O) groups excluding carboxylic acids is 4. The molecule has 3 fully saturated rings. The molecule has 6 unspecified atom stereocenters. The summed E-state index contributed by atoms with van der Waals surface area (Å²) in [4.78, 5) is 59.6. The van der Waals surface area contributed by atoms with Crippen LogP contribution in [0.2, 0.25) is 0 Å². The summed E-state index contributed by atoms with van der Waals surface area (Å²) in [7, 11) is 0. The van der Waals surface area contributed by atoms with Crippen LogP contribution in [0, 0.1) is 30.6 Å². The van der Waals surface area contributed by atoms with Crippen molar-refractivity contribution < 1.29 is 29.0 Å². The lowest BCUT2D eigenvalue weighted by molar-refractivity contribution is -0.123. The first kappa shape index (κ1) is 30.3. The molecule has 2 bridgehead atoms. The molecule has 8 nitrogen and oxygen atoms in total. The van der Waals surface area contributed by atoms with Gasteiger partial charge in [-0.2, -0.15) is 0 Å². The summed E-state index contributed by atoms with van der Waals surface area (Å²) in [5, 5.41) is 10.6. The lowest BCUT2D eigenvalue weighted by atomic mass is 9.81. The lowest BCUT2D eigenvalue weighted by Gasteiger charge is -2.28. The molecule has 45 heavy (non-hydrogen) atoms. The van der Waals surface area contributed by atoms with Gasteiger partial charge in [-0.3, -0.25) is 19.3 Å². The summed E-state index contributed by atoms with van der Waals surface area (Å²) < 4.78 is 6.18. The molecule has 228 valence electrons. The fourth-order valence-electron chi connectivity index (χ4n) is 7.15. The Morgan fingerprint density at radius 1 is 0.933 bits per heavy atom. The van der Waals surface area contributed by atoms with Gasteiger partial charge in [-0.25, -0.2) is 9.78 Å². The first-order chi connectivity index (χ1) is 21.5. The maximum absolute atomic E-state index is 13.5. The second-order valence-corrected chi connectivity index (χ2v) is 14.8. The van der Waals surface area contributed by atoms with Gasteiger partial charge in [-0.05, 0) is 73.2 Å². The normalized spacial score (nSPS) is 25.2. The Kier molecular flexibility index (Phi) is 7.69. The second-order valence-electron chi connectivity index (χ2n) is 11.8. The number of esters is 1. The van der Waals surface area contributed by atoms with E-state index in [4.69, 9.17) is 9.72 Å². The number of hydrogen-bond donors (Lipinski definition) is 1. The smallest absolute Gasteiger partial charge is 0.339 e. The van der Waals surface area contributed by atoms with Crippen molar-refractivity contribution in [3.8, 4) is 17.0 Å². The highest BCUT2D eigenvalue weighted by Crippen LogP contribution is 2.60. The predicted molar refractivity (Wildman–Crippen MR) is 179 cm³/mol. The summed E-state index contributed by atoms with van der Waals surface area (Å²) in [5.41, 5.74) is 3.34. The van der Waals surface area contributed by atoms with Crippen molar-refractivity contribution >= 4 is 87.9 Å². The van der Waals surface area contributed by atoms with Crippen LogP contribution >= 0.6 is 47.8 Å². The minimum absolute atomic E-state index is 0.0644. The van der Waals surface area contributed by atoms with Gasteiger partial charge >= 0.3 is 5.97 Å². The number of phenols is 1. The van der Waals surface area contributed by atoms with Gasteiger partial charge in [0, 0.05) is 25.1 Å². The number of alkyl halides is 2. The molecule has 11 heteroatoms. The molecule has 4 aromatic rings. The molecular formula is C34H25Br3N2O6. The molecule has 2 aliphatic carbocycles. The molecule has 1 N–H and O–H groups in total. The van der Waals surface area contributed by atoms with Crippen LogP contribution in [0.4, 0.5) is 5.69 Å². The number of para-hydroxylation sites is 1. The van der Waals surface area contributed by atoms with E-state index in [0.717, 1.165) is 16.5 Å². The first-order valence-corrected chi connectivity index (χ1v) is 17.0. The Morgan fingerprint density at radius 3 is 2.22 bits per heavy atom. The molecule has 2 heterocycles. The second kappa shape index (κ2) is 11.4. The minimum Gasteiger partial charge on any atom is -0.507 e. The van der Waals surface area contributed by atoms with Gasteiger partial charge in [0.2, 0.25) is 17.6 Å². The zero-order valence-electron chi connectivity index (χ0n) is 23.7. The zero-order valence-corrected chi connectivity index (χ0v) is 28.5. The SMILES string of the molecule is Cc1cc(Br)cc2c(C(=O)OCC(=O)c3ccccc3O)cc(-c3ccc(N4C(=O)C5C6CC(C(Br)C6Br)C5C4=O)cc3)nc12. The third kappa shape index (κ3) is 4.94. The number of anilines is 1. The molecule has 0 radical (unpaired) electrons. The average Bonchev–Trinajstić information content (AvgIpc) is 3.64. The van der Waals surface area contributed by atoms with Gasteiger partial charge in [0.25, 0.3) is 0 Å². The largest absolute Gasteiger partial charge is 0.507 e. The lowest BCUT2D eigenvalue weighted by Crippen LogP contribution is -2.37. The maximum atomic E-state index is 13.5. The summed E-state index contributed by atoms with van der Waals surface area (Å²) in [6, 6.07) is 18.4. The van der Waals surface area contributed by atoms with Gasteiger partial charge in [0.15, 0.2) is 6.61 Å². The van der Waals surface area contributed by atoms with E-state index in [-0.39, 0.29) is 62.0 Å². The standard InChI is InChI=1S/C34H25Br3N2O6/c1-15-10-17(35)11-20-21(34(44)45-14-26(41)19-4-2-3-5-25(19)40)13-24(38-31(15)20)16-6-8-18(9-7-16)39-32(42)27-22-12-23(28(27)33(39)43)30(37)29(22)36/h2-11,13,22-23,27-30,40H,12,14H2,1H3. The van der Waals surface area contributed by atoms with Crippen molar-refractivity contribution in [2.45, 2.75) is 23.0 Å². The molecule has 1 saturated heterocycles. The Hall–Kier alpha value is -3.41. The van der Waals surface area contributed by atoms with E-state index in [1.165, 1.54) is 17.0 Å². The van der Waals surface area contributed by atoms with Crippen LogP contribution in [0.5, 0.6) is 5.75 Å². The number of phenolic OH excluding ortho intramolecular Hbond substituents is 1. The number of ether oxygens (including phenoxy) is 1. The number of aromatic hydroxyl groups is 1. The van der Waals surface area contributed by atoms with Crippen molar-refractivity contribution in [3.05, 3.63) is 87.9 Å². The molecule has 7 rings (SSSR count). The number of nitrogens with zero attached hydrogens (tertiary/aromatic N) is 2. The van der Waals surface area contributed by atoms with E-state index in [0.29, 0.717) is 27.8 Å². The Balaban J connectivity index is 1.19. The molecular weight excluding hydrogens is 772 g/mol. The van der Waals surface area contributed by atoms with E-state index < -0.39 is 18.4 Å². The number of aromatic nitrogens is 1. The summed E-state index contributed by atoms with van der Waals surface area (Å²) in [6.07, 6.45) is 0.864. The van der Waals surface area contributed by atoms with Crippen LogP contribution in [0.3, 0.4) is 0 Å². The van der Waals surface area contributed by atoms with Gasteiger partial charge in [0.05, 0.1) is 39.9 Å². The average molecular weight is 797 g/mol. The third-order valence-corrected chi connectivity index (χ3v) is 12.9. The minimum atomic E-state index is -0.717. The van der Waals surface area contributed by atoms with Crippen LogP contribution in [-0.4, -0.2) is 49.9 Å². The Labute approximate surface area is 283 Å². The number of pyridine rings is 1. The van der Waals surface area contributed by atoms with Crippen molar-refractivity contribution in [2.75, 3.05) is 11.5 Å². The summed E-state index contributed by atoms with van der Waals surface area (Å²) in [5.74, 6) is -2.10. The molecule has 1 aliphatic heterocycles. The number of fused-ring (bicyclic) bond motifs is 6. The van der Waals surface area contributed by atoms with Gasteiger partial charge in [-0.15, -0.1) is 0 Å². The molecule has 3 aliphatic rings. The van der Waals surface area contributed by atoms with Crippen molar-refractivity contribution in [3.63, 3.8) is 0 Å². The van der Waals surface area contributed by atoms with E-state index in [1.54, 1.807) is 48.5 Å². The molecule has 1 aromatic heterocycles. The molecule has 2 saturated carbocycles. The highest BCUT2D eigenvalue weighted by atomic mass is 79.9. The number of carbonyl (C=O) groups is 4. The van der Waals surface area contributed by atoms with Gasteiger partial charge < -0.3 is 9.84 Å². The number of amides is 2. The van der Waals surface area contributed by atoms with Gasteiger partial charge in [0.1, 0.15) is 5.75 Å². The third-order valence-electron chi connectivity index (χ3n) is 9.24. The number of imide groups is 1. The number of Topliss-reactive ketones (excluding diaryl/α,β-unsaturated/α-hetero) is 1. The highest BCUT2D eigenvalue weighted by molar-refractivity contribution is 9.12. The molecule has 0 spiro atoms.